The van der Waals surface area contributed by atoms with Crippen LogP contribution in [0.2, 0.25) is 10.0 Å². The Labute approximate surface area is 151 Å². The Balaban J connectivity index is 2.39. The van der Waals surface area contributed by atoms with E-state index in [9.17, 15) is 16.8 Å². The van der Waals surface area contributed by atoms with Crippen LogP contribution in [0.4, 0.5) is 11.4 Å². The number of benzene rings is 2. The van der Waals surface area contributed by atoms with Crippen molar-refractivity contribution in [3.63, 3.8) is 0 Å². The lowest BCUT2D eigenvalue weighted by Crippen LogP contribution is -2.24. The SMILES string of the molecule is CN(c1cccc(NS(=O)(=O)c2cc(Cl)ccc2Cl)c1)S(C)(=O)=O. The lowest BCUT2D eigenvalue weighted by molar-refractivity contribution is 0.599. The number of sulfonamides is 2. The largest absolute Gasteiger partial charge is 0.280 e. The number of halogens is 2. The van der Waals surface area contributed by atoms with Gasteiger partial charge in [-0.25, -0.2) is 16.8 Å². The number of nitrogens with one attached hydrogen (secondary N) is 1. The van der Waals surface area contributed by atoms with E-state index < -0.39 is 20.0 Å². The molecular formula is C14H14Cl2N2O4S2. The van der Waals surface area contributed by atoms with E-state index >= 15 is 0 Å². The second-order valence-electron chi connectivity index (χ2n) is 4.96. The lowest BCUT2D eigenvalue weighted by Gasteiger charge is -2.18. The number of nitrogens with zero attached hydrogens (tertiary/aromatic N) is 1. The first-order chi connectivity index (χ1) is 11.0. The zero-order chi connectivity index (χ0) is 18.1. The van der Waals surface area contributed by atoms with Crippen LogP contribution < -0.4 is 9.03 Å². The molecule has 24 heavy (non-hydrogen) atoms. The molecule has 0 bridgehead atoms. The fourth-order valence-corrected chi connectivity index (χ4v) is 4.16. The first-order valence-corrected chi connectivity index (χ1v) is 10.6. The van der Waals surface area contributed by atoms with E-state index in [0.29, 0.717) is 5.69 Å². The van der Waals surface area contributed by atoms with Crippen LogP contribution in [0.1, 0.15) is 0 Å². The molecule has 0 fully saturated rings. The van der Waals surface area contributed by atoms with E-state index in [0.717, 1.165) is 10.6 Å². The highest BCUT2D eigenvalue weighted by atomic mass is 35.5. The molecule has 0 spiro atoms. The third kappa shape index (κ3) is 4.32. The van der Waals surface area contributed by atoms with Crippen LogP contribution in [0.3, 0.4) is 0 Å². The molecule has 10 heteroatoms. The maximum absolute atomic E-state index is 12.5. The van der Waals surface area contributed by atoms with Gasteiger partial charge in [0.05, 0.1) is 22.7 Å². The van der Waals surface area contributed by atoms with Crippen molar-refractivity contribution in [1.82, 2.24) is 0 Å². The minimum Gasteiger partial charge on any atom is -0.280 e. The standard InChI is InChI=1S/C14H14Cl2N2O4S2/c1-18(23(2,19)20)12-5-3-4-11(9-12)17-24(21,22)14-8-10(15)6-7-13(14)16/h3-9,17H,1-2H3. The van der Waals surface area contributed by atoms with Crippen molar-refractivity contribution in [2.24, 2.45) is 0 Å². The summed E-state index contributed by atoms with van der Waals surface area (Å²) >= 11 is 11.7. The van der Waals surface area contributed by atoms with Crippen LogP contribution in [0.25, 0.3) is 0 Å². The summed E-state index contributed by atoms with van der Waals surface area (Å²) in [5.41, 5.74) is 0.508. The Bertz CT molecular complexity index is 976. The van der Waals surface area contributed by atoms with Gasteiger partial charge in [0.25, 0.3) is 10.0 Å². The van der Waals surface area contributed by atoms with Gasteiger partial charge in [-0.05, 0) is 36.4 Å². The fourth-order valence-electron chi connectivity index (χ4n) is 1.85. The third-order valence-electron chi connectivity index (χ3n) is 3.14. The predicted molar refractivity (Wildman–Crippen MR) is 97.0 cm³/mol. The zero-order valence-electron chi connectivity index (χ0n) is 12.7. The summed E-state index contributed by atoms with van der Waals surface area (Å²) in [5.74, 6) is 0. The highest BCUT2D eigenvalue weighted by molar-refractivity contribution is 7.93. The van der Waals surface area contributed by atoms with E-state index in [4.69, 9.17) is 23.2 Å². The maximum Gasteiger partial charge on any atom is 0.263 e. The molecule has 0 saturated carbocycles. The molecule has 0 aliphatic carbocycles. The molecule has 0 aliphatic rings. The van der Waals surface area contributed by atoms with Crippen LogP contribution in [-0.4, -0.2) is 30.1 Å². The summed E-state index contributed by atoms with van der Waals surface area (Å²) in [6.45, 7) is 0. The number of hydrogen-bond acceptors (Lipinski definition) is 4. The van der Waals surface area contributed by atoms with Crippen molar-refractivity contribution in [3.8, 4) is 0 Å². The molecule has 0 saturated heterocycles. The van der Waals surface area contributed by atoms with E-state index in [1.165, 1.54) is 43.4 Å². The first kappa shape index (κ1) is 18.9. The first-order valence-electron chi connectivity index (χ1n) is 6.52. The van der Waals surface area contributed by atoms with Gasteiger partial charge in [0.15, 0.2) is 0 Å². The molecule has 2 aromatic rings. The number of hydrogen-bond donors (Lipinski definition) is 1. The third-order valence-corrected chi connectivity index (χ3v) is 6.45. The van der Waals surface area contributed by atoms with Gasteiger partial charge in [-0.3, -0.25) is 9.03 Å². The Morgan fingerprint density at radius 3 is 2.29 bits per heavy atom. The molecule has 6 nitrogen and oxygen atoms in total. The van der Waals surface area contributed by atoms with Gasteiger partial charge < -0.3 is 0 Å². The van der Waals surface area contributed by atoms with Crippen molar-refractivity contribution in [3.05, 3.63) is 52.5 Å². The van der Waals surface area contributed by atoms with E-state index in [2.05, 4.69) is 4.72 Å². The average Bonchev–Trinajstić information content (AvgIpc) is 2.47. The summed E-state index contributed by atoms with van der Waals surface area (Å²) in [6.07, 6.45) is 1.05. The van der Waals surface area contributed by atoms with Gasteiger partial charge in [0, 0.05) is 12.1 Å². The minimum atomic E-state index is -3.98. The molecule has 2 aromatic carbocycles. The predicted octanol–water partition coefficient (Wildman–Crippen LogP) is 3.19. The van der Waals surface area contributed by atoms with Crippen molar-refractivity contribution in [2.75, 3.05) is 22.3 Å². The molecular weight excluding hydrogens is 395 g/mol. The fraction of sp³-hybridized carbons (Fsp3) is 0.143. The Morgan fingerprint density at radius 1 is 1.00 bits per heavy atom. The van der Waals surface area contributed by atoms with Crippen LogP contribution in [0.5, 0.6) is 0 Å². The highest BCUT2D eigenvalue weighted by Gasteiger charge is 2.19. The molecule has 0 amide bonds. The van der Waals surface area contributed by atoms with Crippen molar-refractivity contribution in [1.29, 1.82) is 0 Å². The summed E-state index contributed by atoms with van der Waals surface area (Å²) in [4.78, 5) is -0.168. The molecule has 1 N–H and O–H groups in total. The Kier molecular flexibility index (Phi) is 5.34. The summed E-state index contributed by atoms with van der Waals surface area (Å²) in [7, 11) is -6.07. The Morgan fingerprint density at radius 2 is 1.67 bits per heavy atom. The van der Waals surface area contributed by atoms with Crippen LogP contribution >= 0.6 is 23.2 Å². The molecule has 0 heterocycles. The highest BCUT2D eigenvalue weighted by Crippen LogP contribution is 2.28. The maximum atomic E-state index is 12.5. The molecule has 0 unspecified atom stereocenters. The second-order valence-corrected chi connectivity index (χ2v) is 9.47. The van der Waals surface area contributed by atoms with Crippen LogP contribution in [0.15, 0.2) is 47.4 Å². The smallest absolute Gasteiger partial charge is 0.263 e. The van der Waals surface area contributed by atoms with Crippen molar-refractivity contribution in [2.45, 2.75) is 4.90 Å². The molecule has 130 valence electrons. The average molecular weight is 409 g/mol. The Hall–Kier alpha value is -1.48. The van der Waals surface area contributed by atoms with E-state index in [1.807, 2.05) is 0 Å². The van der Waals surface area contributed by atoms with Crippen molar-refractivity contribution >= 4 is 54.6 Å². The van der Waals surface area contributed by atoms with Gasteiger partial charge in [-0.1, -0.05) is 29.3 Å². The zero-order valence-corrected chi connectivity index (χ0v) is 15.8. The molecule has 2 rings (SSSR count). The lowest BCUT2D eigenvalue weighted by atomic mass is 10.3. The van der Waals surface area contributed by atoms with Gasteiger partial charge in [0.1, 0.15) is 4.90 Å². The topological polar surface area (TPSA) is 83.6 Å². The van der Waals surface area contributed by atoms with Crippen LogP contribution in [-0.2, 0) is 20.0 Å². The molecule has 0 atom stereocenters. The van der Waals surface area contributed by atoms with Crippen LogP contribution in [0, 0.1) is 0 Å². The number of anilines is 2. The van der Waals surface area contributed by atoms with Gasteiger partial charge in [0.2, 0.25) is 10.0 Å². The molecule has 0 aromatic heterocycles. The van der Waals surface area contributed by atoms with Gasteiger partial charge >= 0.3 is 0 Å². The van der Waals surface area contributed by atoms with Gasteiger partial charge in [-0.15, -0.1) is 0 Å². The monoisotopic (exact) mass is 408 g/mol. The number of rotatable bonds is 5. The van der Waals surface area contributed by atoms with E-state index in [1.54, 1.807) is 6.07 Å². The van der Waals surface area contributed by atoms with E-state index in [-0.39, 0.29) is 20.6 Å². The normalized spacial score (nSPS) is 12.0. The summed E-state index contributed by atoms with van der Waals surface area (Å²) in [5, 5.41) is 0.252. The minimum absolute atomic E-state index is 0.0244. The molecule has 0 radical (unpaired) electrons. The van der Waals surface area contributed by atoms with Gasteiger partial charge in [-0.2, -0.15) is 0 Å². The second kappa shape index (κ2) is 6.79. The quantitative estimate of drug-likeness (QED) is 0.822. The summed E-state index contributed by atoms with van der Waals surface area (Å²) in [6, 6.07) is 10.1. The summed E-state index contributed by atoms with van der Waals surface area (Å²) < 4.78 is 51.5. The molecule has 0 aliphatic heterocycles. The van der Waals surface area contributed by atoms with Crippen molar-refractivity contribution < 1.29 is 16.8 Å².